The number of nitrogens with one attached hydrogen (secondary N) is 3. The highest BCUT2D eigenvalue weighted by molar-refractivity contribution is 5.85. The van der Waals surface area contributed by atoms with E-state index >= 15 is 0 Å². The zero-order valence-corrected chi connectivity index (χ0v) is 14.4. The fourth-order valence-electron chi connectivity index (χ4n) is 2.29. The quantitative estimate of drug-likeness (QED) is 0.531. The summed E-state index contributed by atoms with van der Waals surface area (Å²) in [5, 5.41) is 9.48. The number of aliphatic imine (C=N–C) groups is 1. The number of rotatable bonds is 7. The summed E-state index contributed by atoms with van der Waals surface area (Å²) in [6.07, 6.45) is 2.19. The predicted molar refractivity (Wildman–Crippen MR) is 94.6 cm³/mol. The maximum absolute atomic E-state index is 11.8. The summed E-state index contributed by atoms with van der Waals surface area (Å²) < 4.78 is 0. The van der Waals surface area contributed by atoms with E-state index in [1.807, 2.05) is 13.0 Å². The molecule has 3 N–H and O–H groups in total. The first-order valence-corrected chi connectivity index (χ1v) is 8.38. The van der Waals surface area contributed by atoms with Gasteiger partial charge in [-0.2, -0.15) is 0 Å². The second kappa shape index (κ2) is 7.99. The lowest BCUT2D eigenvalue weighted by Gasteiger charge is -2.26. The van der Waals surface area contributed by atoms with E-state index in [2.05, 4.69) is 59.1 Å². The molecule has 5 heteroatoms. The molecule has 0 radical (unpaired) electrons. The van der Waals surface area contributed by atoms with Crippen LogP contribution < -0.4 is 16.0 Å². The van der Waals surface area contributed by atoms with Crippen LogP contribution in [0.1, 0.15) is 39.2 Å². The van der Waals surface area contributed by atoms with E-state index in [1.54, 1.807) is 0 Å². The molecule has 0 aliphatic heterocycles. The minimum Gasteiger partial charge on any atom is -0.357 e. The number of carbonyl (C=O) groups excluding carboxylic acids is 1. The second-order valence-corrected chi connectivity index (χ2v) is 6.64. The third kappa shape index (κ3) is 5.93. The van der Waals surface area contributed by atoms with Gasteiger partial charge in [0.1, 0.15) is 6.54 Å². The summed E-state index contributed by atoms with van der Waals surface area (Å²) in [6, 6.07) is 10.8. The molecule has 1 aliphatic carbocycles. The Kier molecular flexibility index (Phi) is 6.02. The number of amides is 1. The number of nitrogens with zero attached hydrogens (tertiary/aromatic N) is 1. The van der Waals surface area contributed by atoms with Gasteiger partial charge in [0.15, 0.2) is 5.96 Å². The molecule has 1 aromatic carbocycles. The van der Waals surface area contributed by atoms with Crippen molar-refractivity contribution in [2.75, 3.05) is 19.6 Å². The van der Waals surface area contributed by atoms with Crippen LogP contribution in [0.3, 0.4) is 0 Å². The Morgan fingerprint density at radius 3 is 2.52 bits per heavy atom. The zero-order chi connectivity index (χ0) is 16.7. The summed E-state index contributed by atoms with van der Waals surface area (Å²) in [6.45, 7) is 8.08. The first-order chi connectivity index (χ1) is 11.0. The molecule has 126 valence electrons. The van der Waals surface area contributed by atoms with Crippen LogP contribution in [0.5, 0.6) is 0 Å². The molecule has 0 spiro atoms. The third-order valence-electron chi connectivity index (χ3n) is 3.92. The van der Waals surface area contributed by atoms with E-state index in [4.69, 9.17) is 0 Å². The van der Waals surface area contributed by atoms with Crippen molar-refractivity contribution in [3.63, 3.8) is 0 Å². The maximum atomic E-state index is 11.8. The minimum absolute atomic E-state index is 0.00739. The second-order valence-electron chi connectivity index (χ2n) is 6.64. The molecule has 0 bridgehead atoms. The lowest BCUT2D eigenvalue weighted by Crippen LogP contribution is -2.44. The van der Waals surface area contributed by atoms with Crippen molar-refractivity contribution in [1.29, 1.82) is 0 Å². The topological polar surface area (TPSA) is 65.5 Å². The largest absolute Gasteiger partial charge is 0.357 e. The Morgan fingerprint density at radius 2 is 1.91 bits per heavy atom. The number of guanidine groups is 1. The van der Waals surface area contributed by atoms with E-state index in [9.17, 15) is 4.79 Å². The van der Waals surface area contributed by atoms with Crippen molar-refractivity contribution >= 4 is 11.9 Å². The molecule has 23 heavy (non-hydrogen) atoms. The smallest absolute Gasteiger partial charge is 0.242 e. The molecular formula is C18H28N4O. The predicted octanol–water partition coefficient (Wildman–Crippen LogP) is 1.80. The van der Waals surface area contributed by atoms with Gasteiger partial charge >= 0.3 is 0 Å². The molecular weight excluding hydrogens is 288 g/mol. The SMILES string of the molecule is CCNC(=NCC(=O)NC1CC1)NCC(C)(C)c1ccccc1. The highest BCUT2D eigenvalue weighted by atomic mass is 16.2. The van der Waals surface area contributed by atoms with Crippen molar-refractivity contribution in [2.24, 2.45) is 4.99 Å². The fraction of sp³-hybridized carbons (Fsp3) is 0.556. The van der Waals surface area contributed by atoms with Gasteiger partial charge in [0.05, 0.1) is 0 Å². The average molecular weight is 316 g/mol. The monoisotopic (exact) mass is 316 g/mol. The van der Waals surface area contributed by atoms with Gasteiger partial charge in [-0.05, 0) is 25.3 Å². The Morgan fingerprint density at radius 1 is 1.22 bits per heavy atom. The van der Waals surface area contributed by atoms with E-state index in [0.29, 0.717) is 12.0 Å². The maximum Gasteiger partial charge on any atom is 0.242 e. The number of hydrogen-bond donors (Lipinski definition) is 3. The molecule has 1 saturated carbocycles. The van der Waals surface area contributed by atoms with E-state index in [-0.39, 0.29) is 17.9 Å². The summed E-state index contributed by atoms with van der Waals surface area (Å²) in [4.78, 5) is 16.1. The number of carbonyl (C=O) groups is 1. The van der Waals surface area contributed by atoms with Gasteiger partial charge in [-0.1, -0.05) is 44.2 Å². The van der Waals surface area contributed by atoms with Gasteiger partial charge in [0.25, 0.3) is 0 Å². The summed E-state index contributed by atoms with van der Waals surface area (Å²) in [5.41, 5.74) is 1.25. The Balaban J connectivity index is 1.88. The van der Waals surface area contributed by atoms with Gasteiger partial charge in [0, 0.05) is 24.5 Å². The molecule has 2 rings (SSSR count). The van der Waals surface area contributed by atoms with Crippen molar-refractivity contribution in [1.82, 2.24) is 16.0 Å². The highest BCUT2D eigenvalue weighted by Gasteiger charge is 2.23. The van der Waals surface area contributed by atoms with E-state index < -0.39 is 0 Å². The van der Waals surface area contributed by atoms with Crippen LogP contribution in [-0.2, 0) is 10.2 Å². The summed E-state index contributed by atoms with van der Waals surface area (Å²) >= 11 is 0. The van der Waals surface area contributed by atoms with Crippen LogP contribution in [0.2, 0.25) is 0 Å². The van der Waals surface area contributed by atoms with Gasteiger partial charge in [0.2, 0.25) is 5.91 Å². The molecule has 0 atom stereocenters. The standard InChI is InChI=1S/C18H28N4O/c1-4-19-17(20-12-16(23)22-15-10-11-15)21-13-18(2,3)14-8-6-5-7-9-14/h5-9,15H,4,10-13H2,1-3H3,(H,22,23)(H2,19,20,21). The van der Waals surface area contributed by atoms with Crippen LogP contribution in [0.15, 0.2) is 35.3 Å². The fourth-order valence-corrected chi connectivity index (χ4v) is 2.29. The summed E-state index contributed by atoms with van der Waals surface area (Å²) in [5.74, 6) is 0.675. The number of benzene rings is 1. The zero-order valence-electron chi connectivity index (χ0n) is 14.4. The molecule has 0 saturated heterocycles. The third-order valence-corrected chi connectivity index (χ3v) is 3.92. The Bertz CT molecular complexity index is 535. The van der Waals surface area contributed by atoms with Crippen molar-refractivity contribution in [3.05, 3.63) is 35.9 Å². The molecule has 1 aliphatic rings. The normalized spacial score (nSPS) is 15.2. The highest BCUT2D eigenvalue weighted by Crippen LogP contribution is 2.21. The Labute approximate surface area is 139 Å². The number of hydrogen-bond acceptors (Lipinski definition) is 2. The molecule has 1 fully saturated rings. The Hall–Kier alpha value is -2.04. The minimum atomic E-state index is -0.0201. The van der Waals surface area contributed by atoms with Crippen LogP contribution >= 0.6 is 0 Å². The molecule has 0 heterocycles. The van der Waals surface area contributed by atoms with Crippen molar-refractivity contribution in [2.45, 2.75) is 45.1 Å². The van der Waals surface area contributed by atoms with Gasteiger partial charge < -0.3 is 16.0 Å². The average Bonchev–Trinajstić information content (AvgIpc) is 3.35. The molecule has 5 nitrogen and oxygen atoms in total. The van der Waals surface area contributed by atoms with Crippen molar-refractivity contribution < 1.29 is 4.79 Å². The van der Waals surface area contributed by atoms with Crippen LogP contribution in [0.25, 0.3) is 0 Å². The lowest BCUT2D eigenvalue weighted by atomic mass is 9.85. The summed E-state index contributed by atoms with van der Waals surface area (Å²) in [7, 11) is 0. The molecule has 0 unspecified atom stereocenters. The van der Waals surface area contributed by atoms with E-state index in [1.165, 1.54) is 5.56 Å². The van der Waals surface area contributed by atoms with Crippen LogP contribution in [0, 0.1) is 0 Å². The van der Waals surface area contributed by atoms with E-state index in [0.717, 1.165) is 25.9 Å². The first kappa shape index (κ1) is 17.3. The molecule has 1 aromatic rings. The van der Waals surface area contributed by atoms with Gasteiger partial charge in [-0.3, -0.25) is 4.79 Å². The van der Waals surface area contributed by atoms with Gasteiger partial charge in [-0.15, -0.1) is 0 Å². The van der Waals surface area contributed by atoms with Crippen LogP contribution in [-0.4, -0.2) is 37.5 Å². The molecule has 0 aromatic heterocycles. The lowest BCUT2D eigenvalue weighted by molar-refractivity contribution is -0.119. The molecule has 1 amide bonds. The van der Waals surface area contributed by atoms with Crippen LogP contribution in [0.4, 0.5) is 0 Å². The first-order valence-electron chi connectivity index (χ1n) is 8.38. The van der Waals surface area contributed by atoms with Crippen molar-refractivity contribution in [3.8, 4) is 0 Å². The van der Waals surface area contributed by atoms with Gasteiger partial charge in [-0.25, -0.2) is 4.99 Å².